The molecule has 10 N–H and O–H groups in total. The summed E-state index contributed by atoms with van der Waals surface area (Å²) in [6.45, 7) is 2.50. The molecule has 782 valence electrons. The Hall–Kier alpha value is -10.5. The van der Waals surface area contributed by atoms with Crippen molar-refractivity contribution in [2.45, 2.75) is 279 Å². The molecule has 0 spiro atoms. The number of amides is 10. The molecule has 20 aliphatic carbocycles. The van der Waals surface area contributed by atoms with Gasteiger partial charge in [0.25, 0.3) is 29.5 Å². The van der Waals surface area contributed by atoms with Gasteiger partial charge in [-0.05, 0) is 241 Å². The summed E-state index contributed by atoms with van der Waals surface area (Å²) in [4.78, 5) is 121. The Bertz CT molecular complexity index is 5760. The minimum atomic E-state index is -4.21. The highest BCUT2D eigenvalue weighted by molar-refractivity contribution is 6.32. The highest BCUT2D eigenvalue weighted by Gasteiger charge is 2.73. The number of ether oxygens (including phenoxy) is 10. The Morgan fingerprint density at radius 1 is 0.366 bits per heavy atom. The van der Waals surface area contributed by atoms with Gasteiger partial charge in [0, 0.05) is 91.5 Å². The molecule has 5 aromatic carbocycles. The van der Waals surface area contributed by atoms with Crippen molar-refractivity contribution in [2.24, 2.45) is 17.3 Å². The van der Waals surface area contributed by atoms with Gasteiger partial charge in [0.1, 0.15) is 79.7 Å². The molecule has 20 saturated carbocycles. The average molecular weight is 2130 g/mol. The first kappa shape index (κ1) is 107. The van der Waals surface area contributed by atoms with Gasteiger partial charge in [0.15, 0.2) is 44.6 Å². The van der Waals surface area contributed by atoms with Crippen LogP contribution in [0.4, 0.5) is 35.1 Å². The monoisotopic (exact) mass is 2130 g/mol. The lowest BCUT2D eigenvalue weighted by Gasteiger charge is -2.70. The second-order valence-corrected chi connectivity index (χ2v) is 44.7. The molecule has 32 nitrogen and oxygen atoms in total. The maximum atomic E-state index is 13.7. The van der Waals surface area contributed by atoms with Crippen molar-refractivity contribution in [3.05, 3.63) is 145 Å². The summed E-state index contributed by atoms with van der Waals surface area (Å²) >= 11 is 28.3. The van der Waals surface area contributed by atoms with Crippen LogP contribution in [0.3, 0.4) is 0 Å². The van der Waals surface area contributed by atoms with Gasteiger partial charge in [0.05, 0.1) is 79.5 Å². The highest BCUT2D eigenvalue weighted by Crippen LogP contribution is 2.64. The molecule has 10 amide bonds. The molecule has 10 bridgehead atoms. The maximum Gasteiger partial charge on any atom is 0.392 e. The molecule has 20 aliphatic rings. The third-order valence-electron chi connectivity index (χ3n) is 29.6. The van der Waals surface area contributed by atoms with Gasteiger partial charge in [-0.15, -0.1) is 0 Å². The SMILES string of the molecule is CC1(C#N)CC(OCC(=O)NC23CC(NC(=O)COc4ccc(Cl)c(F)c4)(C2)C3)C1.CC1(OCC(=O)NC23CC(NC(=O)COc4ccc(Cl)cc4)(C2)C3)CC(C#N)C1.O=C(COc1ccc(Cl)c(F)c1)NC12CC(NC(=O)COC3CC(C(F)(F)F)C3)(C1)C2.O=C(COc1ccc(Cl)c(F)c1)NC12CC(NC(=O)COC3CC(F)C3)(C1)C2.O=C(COc1cccc(Cl)c1F)NC12CC(NC(=O)COC3CCC3)(C1)C2. The van der Waals surface area contributed by atoms with E-state index in [0.717, 1.165) is 50.3 Å². The number of halogens is 13. The van der Waals surface area contributed by atoms with E-state index in [4.69, 9.17) is 116 Å². The first-order valence-corrected chi connectivity index (χ1v) is 49.8. The summed E-state index contributed by atoms with van der Waals surface area (Å²) in [7, 11) is 0. The minimum Gasteiger partial charge on any atom is -0.484 e. The van der Waals surface area contributed by atoms with Crippen molar-refractivity contribution in [1.29, 1.82) is 10.5 Å². The molecule has 0 saturated heterocycles. The molecule has 0 unspecified atom stereocenters. The first-order chi connectivity index (χ1) is 68.5. The molecule has 0 heterocycles. The van der Waals surface area contributed by atoms with Gasteiger partial charge in [-0.2, -0.15) is 23.7 Å². The van der Waals surface area contributed by atoms with Crippen LogP contribution >= 0.6 is 58.0 Å². The molecular weight excluding hydrogens is 2020 g/mol. The third-order valence-corrected chi connectivity index (χ3v) is 31.1. The van der Waals surface area contributed by atoms with Crippen LogP contribution in [0.25, 0.3) is 0 Å². The predicted molar refractivity (Wildman–Crippen MR) is 504 cm³/mol. The fourth-order valence-electron chi connectivity index (χ4n) is 22.7. The number of alkyl halides is 4. The predicted octanol–water partition coefficient (Wildman–Crippen LogP) is 12.5. The molecule has 0 atom stereocenters. The van der Waals surface area contributed by atoms with Gasteiger partial charge >= 0.3 is 6.18 Å². The van der Waals surface area contributed by atoms with Gasteiger partial charge in [-0.25, -0.2) is 22.0 Å². The van der Waals surface area contributed by atoms with E-state index in [2.05, 4.69) is 65.3 Å². The van der Waals surface area contributed by atoms with E-state index in [1.165, 1.54) is 55.0 Å². The molecule has 20 fully saturated rings. The molecular formula is C100H111Cl5F8N12O20. The second-order valence-electron chi connectivity index (χ2n) is 42.6. The molecule has 45 heteroatoms. The highest BCUT2D eigenvalue weighted by atomic mass is 35.5. The van der Waals surface area contributed by atoms with Crippen LogP contribution in [0.1, 0.15) is 181 Å². The number of carbonyl (C=O) groups excluding carboxylic acids is 10. The lowest BCUT2D eigenvalue weighted by molar-refractivity contribution is -0.220. The van der Waals surface area contributed by atoms with Crippen molar-refractivity contribution in [2.75, 3.05) is 66.1 Å². The van der Waals surface area contributed by atoms with E-state index in [9.17, 15) is 83.1 Å². The third kappa shape index (κ3) is 26.2. The van der Waals surface area contributed by atoms with Crippen LogP contribution < -0.4 is 76.9 Å². The van der Waals surface area contributed by atoms with Crippen LogP contribution in [0.15, 0.2) is 97.1 Å². The molecule has 5 aromatic rings. The number of hydrogen-bond donors (Lipinski definition) is 10. The van der Waals surface area contributed by atoms with E-state index in [1.54, 1.807) is 30.3 Å². The van der Waals surface area contributed by atoms with E-state index in [0.29, 0.717) is 126 Å². The zero-order valence-electron chi connectivity index (χ0n) is 79.2. The standard InChI is InChI=1S/C21H23ClFN3O4.C21H24ClN3O4.C20H21ClF4N2O4.C19H21ClF2N2O4.C19H22ClFN2O4/c1-19(12-24)5-14(6-19)30-8-18(28)26-21-9-20(10-21,11-21)25-17(27)7-29-13-2-3-15(22)16(23)4-13;1-19(6-14(7-19)8-23)29-10-18(27)25-21-11-20(12-21,13-21)24-17(26)9-28-16-4-2-15(22)3-5-16;21-14-2-1-12(5-15(14)22)30-6-16(28)26-18-8-19(9-18,10-18)27-17(29)7-31-13-3-11(4-13)20(23,24)25;20-14-2-1-12(5-15(14)22)27-6-16(25)23-18-8-19(9-18,10-18)24-17(26)7-28-13-3-11(21)4-13;20-13-5-2-6-14(17(13)21)27-8-16(25)23-19-9-18(10-19,11-19)22-15(24)7-26-12-3-1-4-12/h2-4,14H,5-11H2,1H3,(H,25,27)(H,26,28);2-5,14H,6-7,9-13H2,1H3,(H,24,26)(H,25,27);1-2,5,11,13H,3-4,6-10H2,(H,26,28)(H,27,29);1-2,5,11,13H,3-4,6-10H2,(H,23,25)(H,24,26);2,5-6,12H,1,3-4,7-11H2,(H,22,24)(H,23,25). The fourth-order valence-corrected chi connectivity index (χ4v) is 23.3. The van der Waals surface area contributed by atoms with Crippen LogP contribution in [0, 0.1) is 63.2 Å². The Labute approximate surface area is 854 Å². The van der Waals surface area contributed by atoms with Crippen molar-refractivity contribution in [3.63, 3.8) is 0 Å². The number of nitrogens with one attached hydrogen (secondary N) is 10. The Morgan fingerprint density at radius 3 is 0.966 bits per heavy atom. The summed E-state index contributed by atoms with van der Waals surface area (Å²) < 4.78 is 158. The van der Waals surface area contributed by atoms with E-state index in [1.807, 2.05) is 13.8 Å². The number of nitriles is 2. The van der Waals surface area contributed by atoms with E-state index < -0.39 is 58.7 Å². The largest absolute Gasteiger partial charge is 0.484 e. The van der Waals surface area contributed by atoms with Gasteiger partial charge < -0.3 is 101 Å². The summed E-state index contributed by atoms with van der Waals surface area (Å²) in [5.41, 5.74) is -3.60. The molecule has 0 radical (unpaired) electrons. The topological polar surface area (TPSA) is 431 Å². The number of hydrogen-bond acceptors (Lipinski definition) is 22. The minimum absolute atomic E-state index is 0.00465. The van der Waals surface area contributed by atoms with E-state index >= 15 is 0 Å². The van der Waals surface area contributed by atoms with Crippen molar-refractivity contribution in [3.8, 4) is 40.9 Å². The number of benzene rings is 5. The van der Waals surface area contributed by atoms with E-state index in [-0.39, 0.29) is 261 Å². The van der Waals surface area contributed by atoms with Crippen LogP contribution in [-0.4, -0.2) is 223 Å². The first-order valence-electron chi connectivity index (χ1n) is 47.9. The Morgan fingerprint density at radius 2 is 0.662 bits per heavy atom. The zero-order chi connectivity index (χ0) is 104. The summed E-state index contributed by atoms with van der Waals surface area (Å²) in [5.74, 6) is -5.10. The normalized spacial score (nSPS) is 31.8. The van der Waals surface area contributed by atoms with Gasteiger partial charge in [-0.1, -0.05) is 64.1 Å². The molecule has 25 rings (SSSR count). The lowest BCUT2D eigenvalue weighted by atomic mass is 9.44. The summed E-state index contributed by atoms with van der Waals surface area (Å²) in [6.07, 6.45) is 10.8. The van der Waals surface area contributed by atoms with Crippen molar-refractivity contribution < 1.29 is 130 Å². The maximum absolute atomic E-state index is 13.7. The van der Waals surface area contributed by atoms with Crippen LogP contribution in [0.2, 0.25) is 25.1 Å². The quantitative estimate of drug-likeness (QED) is 0.0163. The van der Waals surface area contributed by atoms with Gasteiger partial charge in [0.2, 0.25) is 29.5 Å². The summed E-state index contributed by atoms with van der Waals surface area (Å²) in [6, 6.07) is 27.6. The van der Waals surface area contributed by atoms with Gasteiger partial charge in [-0.3, -0.25) is 47.9 Å². The smallest absolute Gasteiger partial charge is 0.392 e. The zero-order valence-corrected chi connectivity index (χ0v) is 83.0. The fraction of sp³-hybridized carbons (Fsp3) is 0.580. The lowest BCUT2D eigenvalue weighted by Crippen LogP contribution is -2.84. The molecule has 145 heavy (non-hydrogen) atoms. The van der Waals surface area contributed by atoms with Crippen LogP contribution in [0.5, 0.6) is 28.7 Å². The molecule has 0 aromatic heterocycles. The number of rotatable bonds is 40. The number of nitrogens with zero attached hydrogens (tertiary/aromatic N) is 2. The second kappa shape index (κ2) is 42.6. The Kier molecular flexibility index (Phi) is 31.5. The molecule has 0 aliphatic heterocycles. The number of carbonyl (C=O) groups is 10. The van der Waals surface area contributed by atoms with Crippen molar-refractivity contribution in [1.82, 2.24) is 53.2 Å². The van der Waals surface area contributed by atoms with Crippen molar-refractivity contribution >= 4 is 117 Å². The Balaban J connectivity index is 0.000000130. The average Bonchev–Trinajstić information content (AvgIpc) is 0.698. The van der Waals surface area contributed by atoms with Crippen LogP contribution in [-0.2, 0) is 71.6 Å². The summed E-state index contributed by atoms with van der Waals surface area (Å²) in [5, 5.41) is 47.9.